The number of fused-ring (bicyclic) bond motifs is 1. The van der Waals surface area contributed by atoms with Gasteiger partial charge in [0.05, 0.1) is 48.7 Å². The summed E-state index contributed by atoms with van der Waals surface area (Å²) in [6.07, 6.45) is 10.4. The van der Waals surface area contributed by atoms with Crippen molar-refractivity contribution in [2.45, 2.75) is 0 Å². The van der Waals surface area contributed by atoms with Crippen LogP contribution < -0.4 is 25.6 Å². The van der Waals surface area contributed by atoms with Crippen molar-refractivity contribution < 1.29 is 14.0 Å². The van der Waals surface area contributed by atoms with Crippen LogP contribution in [0.25, 0.3) is 28.2 Å². The second kappa shape index (κ2) is 12.1. The topological polar surface area (TPSA) is 132 Å². The molecule has 0 spiro atoms. The van der Waals surface area contributed by atoms with Crippen molar-refractivity contribution in [2.24, 2.45) is 7.05 Å². The van der Waals surface area contributed by atoms with Crippen LogP contribution in [0.15, 0.2) is 61.8 Å². The summed E-state index contributed by atoms with van der Waals surface area (Å²) in [5, 5.41) is 11.7. The van der Waals surface area contributed by atoms with Crippen LogP contribution in [-0.4, -0.2) is 76.5 Å². The van der Waals surface area contributed by atoms with Gasteiger partial charge in [0.15, 0.2) is 0 Å². The van der Waals surface area contributed by atoms with Crippen molar-refractivity contribution in [3.05, 3.63) is 67.4 Å². The van der Waals surface area contributed by atoms with Crippen molar-refractivity contribution in [1.29, 1.82) is 0 Å². The average molecular weight is 612 g/mol. The molecule has 0 bridgehead atoms. The summed E-state index contributed by atoms with van der Waals surface area (Å²) in [6.45, 7) is 10.2. The van der Waals surface area contributed by atoms with Gasteiger partial charge < -0.3 is 29.6 Å². The number of anilines is 5. The number of rotatable bonds is 9. The molecule has 44 heavy (non-hydrogen) atoms. The first kappa shape index (κ1) is 29.3. The smallest absolute Gasteiger partial charge is 0.229 e. The van der Waals surface area contributed by atoms with Crippen LogP contribution in [0, 0.1) is 0 Å². The molecule has 2 aromatic carbocycles. The number of aromatic nitrogens is 6. The zero-order valence-electron chi connectivity index (χ0n) is 25.1. The highest BCUT2D eigenvalue weighted by molar-refractivity contribution is 7.71. The molecule has 5 aromatic rings. The van der Waals surface area contributed by atoms with E-state index in [1.165, 1.54) is 0 Å². The summed E-state index contributed by atoms with van der Waals surface area (Å²) >= 11 is 0. The Bertz CT molecular complexity index is 1900. The lowest BCUT2D eigenvalue weighted by molar-refractivity contribution is 0.122. The molecule has 13 heteroatoms. The maximum Gasteiger partial charge on any atom is 0.229 e. The third-order valence-corrected chi connectivity index (χ3v) is 8.90. The van der Waals surface area contributed by atoms with Gasteiger partial charge in [0.2, 0.25) is 5.95 Å². The summed E-state index contributed by atoms with van der Waals surface area (Å²) in [5.74, 6) is 1.47. The maximum atomic E-state index is 13.5. The summed E-state index contributed by atoms with van der Waals surface area (Å²) in [4.78, 5) is 20.5. The Kier molecular flexibility index (Phi) is 8.03. The van der Waals surface area contributed by atoms with Crippen LogP contribution in [0.5, 0.6) is 5.75 Å². The van der Waals surface area contributed by atoms with E-state index >= 15 is 0 Å². The molecule has 1 aliphatic rings. The first-order chi connectivity index (χ1) is 21.2. The molecule has 6 rings (SSSR count). The lowest BCUT2D eigenvalue weighted by Gasteiger charge is -2.31. The fourth-order valence-corrected chi connectivity index (χ4v) is 6.70. The number of methoxy groups -OCH3 is 1. The molecule has 0 saturated carbocycles. The summed E-state index contributed by atoms with van der Waals surface area (Å²) in [7, 11) is 0.761. The van der Waals surface area contributed by atoms with Gasteiger partial charge in [0.25, 0.3) is 0 Å². The molecule has 0 atom stereocenters. The molecule has 4 heterocycles. The number of hydrogen-bond acceptors (Lipinski definition) is 11. The maximum absolute atomic E-state index is 13.5. The van der Waals surface area contributed by atoms with Crippen LogP contribution in [-0.2, 0) is 16.3 Å². The molecule has 2 N–H and O–H groups in total. The van der Waals surface area contributed by atoms with Crippen LogP contribution in [0.1, 0.15) is 5.56 Å². The van der Waals surface area contributed by atoms with E-state index in [0.717, 1.165) is 29.9 Å². The van der Waals surface area contributed by atoms with Crippen LogP contribution in [0.4, 0.5) is 28.8 Å². The Morgan fingerprint density at radius 3 is 2.55 bits per heavy atom. The predicted molar refractivity (Wildman–Crippen MR) is 176 cm³/mol. The molecule has 1 aliphatic heterocycles. The third-order valence-electron chi connectivity index (χ3n) is 7.37. The number of hydrogen-bond donors (Lipinski definition) is 2. The number of aryl methyl sites for hydroxylation is 1. The first-order valence-electron chi connectivity index (χ1n) is 14.1. The van der Waals surface area contributed by atoms with Gasteiger partial charge in [-0.2, -0.15) is 10.1 Å². The Hall–Kier alpha value is -4.80. The molecule has 0 radical (unpaired) electrons. The van der Waals surface area contributed by atoms with Crippen LogP contribution in [0.2, 0.25) is 0 Å². The number of nitrogens with zero attached hydrogens (tertiary/aromatic N) is 7. The van der Waals surface area contributed by atoms with Crippen LogP contribution in [0.3, 0.4) is 0 Å². The molecular weight excluding hydrogens is 577 g/mol. The summed E-state index contributed by atoms with van der Waals surface area (Å²) < 4.78 is 26.7. The minimum Gasteiger partial charge on any atom is -0.494 e. The van der Waals surface area contributed by atoms with E-state index in [-0.39, 0.29) is 0 Å². The van der Waals surface area contributed by atoms with Crippen molar-refractivity contribution in [3.8, 4) is 16.9 Å². The van der Waals surface area contributed by atoms with Gasteiger partial charge >= 0.3 is 0 Å². The molecule has 12 nitrogen and oxygen atoms in total. The third kappa shape index (κ3) is 5.86. The summed E-state index contributed by atoms with van der Waals surface area (Å²) in [6, 6.07) is 7.75. The van der Waals surface area contributed by atoms with E-state index < -0.39 is 7.14 Å². The molecule has 226 valence electrons. The van der Waals surface area contributed by atoms with Crippen molar-refractivity contribution >= 4 is 58.4 Å². The van der Waals surface area contributed by atoms with Gasteiger partial charge in [-0.05, 0) is 31.5 Å². The zero-order chi connectivity index (χ0) is 30.8. The number of nitrogens with one attached hydrogen (secondary N) is 2. The SMILES string of the molecule is C=Cc1cnc(Nc2cc(-c3cnn(C)c3)c(N3CCOCC3)cc2OC)nc1Nc1ccc2nccnc2c1P(C)(C)=O. The summed E-state index contributed by atoms with van der Waals surface area (Å²) in [5.41, 5.74) is 6.25. The van der Waals surface area contributed by atoms with Gasteiger partial charge in [-0.25, -0.2) is 4.98 Å². The minimum atomic E-state index is -2.77. The Morgan fingerprint density at radius 2 is 1.84 bits per heavy atom. The van der Waals surface area contributed by atoms with E-state index in [1.807, 2.05) is 43.7 Å². The first-order valence-corrected chi connectivity index (χ1v) is 16.7. The minimum absolute atomic E-state index is 0.339. The largest absolute Gasteiger partial charge is 0.494 e. The van der Waals surface area contributed by atoms with Gasteiger partial charge in [-0.3, -0.25) is 14.6 Å². The highest BCUT2D eigenvalue weighted by Gasteiger charge is 2.23. The van der Waals surface area contributed by atoms with Crippen molar-refractivity contribution in [3.63, 3.8) is 0 Å². The fraction of sp³-hybridized carbons (Fsp3) is 0.258. The van der Waals surface area contributed by atoms with E-state index in [4.69, 9.17) is 14.5 Å². The number of morpholine rings is 1. The second-order valence-corrected chi connectivity index (χ2v) is 13.9. The second-order valence-electron chi connectivity index (χ2n) is 10.8. The molecule has 0 aliphatic carbocycles. The van der Waals surface area contributed by atoms with Gasteiger partial charge in [-0.1, -0.05) is 12.7 Å². The molecular formula is C31H34N9O3P. The molecule has 3 aromatic heterocycles. The van der Waals surface area contributed by atoms with Gasteiger partial charge in [-0.15, -0.1) is 0 Å². The molecule has 1 fully saturated rings. The standard InChI is InChI=1S/C31H34N9O3P/c1-6-20-17-34-31(38-30(20)36-24-8-7-23-28(33-10-9-32-23)29(24)44(4,5)41)37-25-15-22(21-18-35-39(2)19-21)26(16-27(25)42-3)40-11-13-43-14-12-40/h6-10,15-19H,1,11-14H2,2-5H3,(H2,34,36,37,38). The Morgan fingerprint density at radius 1 is 1.05 bits per heavy atom. The molecule has 0 unspecified atom stereocenters. The number of benzene rings is 2. The normalized spacial score (nSPS) is 13.6. The van der Waals surface area contributed by atoms with E-state index in [2.05, 4.69) is 42.2 Å². The number of ether oxygens (including phenoxy) is 2. The lowest BCUT2D eigenvalue weighted by Crippen LogP contribution is -2.36. The quantitative estimate of drug-likeness (QED) is 0.217. The van der Waals surface area contributed by atoms with E-state index in [1.54, 1.807) is 49.8 Å². The highest BCUT2D eigenvalue weighted by Crippen LogP contribution is 2.42. The Labute approximate surface area is 255 Å². The van der Waals surface area contributed by atoms with Crippen molar-refractivity contribution in [1.82, 2.24) is 29.7 Å². The van der Waals surface area contributed by atoms with Gasteiger partial charge in [0.1, 0.15) is 24.2 Å². The average Bonchev–Trinajstić information content (AvgIpc) is 3.46. The van der Waals surface area contributed by atoms with E-state index in [0.29, 0.717) is 64.0 Å². The highest BCUT2D eigenvalue weighted by atomic mass is 31.2. The zero-order valence-corrected chi connectivity index (χ0v) is 26.0. The van der Waals surface area contributed by atoms with Gasteiger partial charge in [0, 0.05) is 73.4 Å². The molecule has 0 amide bonds. The predicted octanol–water partition coefficient (Wildman–Crippen LogP) is 5.04. The van der Waals surface area contributed by atoms with E-state index in [9.17, 15) is 4.57 Å². The lowest BCUT2D eigenvalue weighted by atomic mass is 10.0. The molecule has 1 saturated heterocycles. The monoisotopic (exact) mass is 611 g/mol. The van der Waals surface area contributed by atoms with Crippen LogP contribution >= 0.6 is 7.14 Å². The van der Waals surface area contributed by atoms with Crippen molar-refractivity contribution in [2.75, 3.05) is 62.3 Å². The fourth-order valence-electron chi connectivity index (χ4n) is 5.31. The Balaban J connectivity index is 1.40.